The highest BCUT2D eigenvalue weighted by Gasteiger charge is 2.25. The molecule has 0 aliphatic heterocycles. The summed E-state index contributed by atoms with van der Waals surface area (Å²) in [5.41, 5.74) is 0.490. The second-order valence-corrected chi connectivity index (χ2v) is 4.98. The summed E-state index contributed by atoms with van der Waals surface area (Å²) in [6.07, 6.45) is 0.0759. The van der Waals surface area contributed by atoms with Crippen LogP contribution >= 0.6 is 0 Å². The molecule has 106 valence electrons. The molecule has 0 radical (unpaired) electrons. The van der Waals surface area contributed by atoms with Gasteiger partial charge in [-0.25, -0.2) is 0 Å². The molecule has 0 unspecified atom stereocenters. The van der Waals surface area contributed by atoms with E-state index in [1.54, 1.807) is 0 Å². The Bertz CT molecular complexity index is 438. The Labute approximate surface area is 114 Å². The van der Waals surface area contributed by atoms with Gasteiger partial charge in [0.2, 0.25) is 0 Å². The molecule has 19 heavy (non-hydrogen) atoms. The largest absolute Gasteiger partial charge is 0.490 e. The van der Waals surface area contributed by atoms with E-state index in [9.17, 15) is 4.79 Å². The molecule has 0 saturated carbocycles. The van der Waals surface area contributed by atoms with Crippen molar-refractivity contribution in [2.75, 3.05) is 13.2 Å². The molecule has 0 saturated heterocycles. The number of carboxylic acid groups (broad SMARTS) is 1. The van der Waals surface area contributed by atoms with Gasteiger partial charge in [0.25, 0.3) is 0 Å². The van der Waals surface area contributed by atoms with Gasteiger partial charge in [-0.2, -0.15) is 0 Å². The minimum Gasteiger partial charge on any atom is -0.490 e. The highest BCUT2D eigenvalue weighted by Crippen LogP contribution is 2.35. The van der Waals surface area contributed by atoms with Crippen molar-refractivity contribution in [2.45, 2.75) is 39.5 Å². The predicted molar refractivity (Wildman–Crippen MR) is 74.1 cm³/mol. The summed E-state index contributed by atoms with van der Waals surface area (Å²) < 4.78 is 11.1. The van der Waals surface area contributed by atoms with Crippen LogP contribution in [-0.4, -0.2) is 24.3 Å². The minimum absolute atomic E-state index is 0.0759. The fourth-order valence-electron chi connectivity index (χ4n) is 1.95. The number of benzene rings is 1. The van der Waals surface area contributed by atoms with Crippen LogP contribution in [0.25, 0.3) is 0 Å². The molecule has 0 fully saturated rings. The summed E-state index contributed by atoms with van der Waals surface area (Å²) in [5, 5.41) is 8.97. The van der Waals surface area contributed by atoms with E-state index in [1.807, 2.05) is 45.9 Å². The number of carboxylic acids is 1. The Hall–Kier alpha value is -1.71. The lowest BCUT2D eigenvalue weighted by molar-refractivity contribution is -0.138. The lowest BCUT2D eigenvalue weighted by atomic mass is 9.81. The molecule has 0 aromatic heterocycles. The molecule has 0 amide bonds. The molecule has 0 aliphatic rings. The van der Waals surface area contributed by atoms with E-state index in [2.05, 4.69) is 0 Å². The maximum absolute atomic E-state index is 10.9. The zero-order chi connectivity index (χ0) is 14.5. The fraction of sp³-hybridized carbons (Fsp3) is 0.533. The van der Waals surface area contributed by atoms with Crippen LogP contribution in [-0.2, 0) is 10.2 Å². The molecule has 4 heteroatoms. The Morgan fingerprint density at radius 2 is 1.74 bits per heavy atom. The van der Waals surface area contributed by atoms with E-state index in [1.165, 1.54) is 0 Å². The smallest absolute Gasteiger partial charge is 0.304 e. The van der Waals surface area contributed by atoms with Gasteiger partial charge in [-0.05, 0) is 31.5 Å². The first kappa shape index (κ1) is 15.3. The predicted octanol–water partition coefficient (Wildman–Crippen LogP) is 3.24. The van der Waals surface area contributed by atoms with Crippen molar-refractivity contribution in [2.24, 2.45) is 0 Å². The molecule has 0 aliphatic carbocycles. The van der Waals surface area contributed by atoms with Crippen molar-refractivity contribution in [3.8, 4) is 11.5 Å². The summed E-state index contributed by atoms with van der Waals surface area (Å²) >= 11 is 0. The van der Waals surface area contributed by atoms with Crippen molar-refractivity contribution in [3.63, 3.8) is 0 Å². The molecular formula is C15H22O4. The Balaban J connectivity index is 3.09. The van der Waals surface area contributed by atoms with Crippen LogP contribution < -0.4 is 9.47 Å². The minimum atomic E-state index is -0.808. The lowest BCUT2D eigenvalue weighted by Gasteiger charge is -2.24. The normalized spacial score (nSPS) is 11.2. The molecule has 1 aromatic rings. The average molecular weight is 266 g/mol. The van der Waals surface area contributed by atoms with Crippen molar-refractivity contribution in [3.05, 3.63) is 23.8 Å². The van der Waals surface area contributed by atoms with Crippen molar-refractivity contribution in [1.82, 2.24) is 0 Å². The van der Waals surface area contributed by atoms with Gasteiger partial charge >= 0.3 is 5.97 Å². The summed E-state index contributed by atoms with van der Waals surface area (Å²) in [5.74, 6) is 0.552. The van der Waals surface area contributed by atoms with Crippen LogP contribution in [0.3, 0.4) is 0 Å². The summed E-state index contributed by atoms with van der Waals surface area (Å²) in [6.45, 7) is 8.75. The molecule has 0 atom stereocenters. The highest BCUT2D eigenvalue weighted by molar-refractivity contribution is 5.69. The van der Waals surface area contributed by atoms with Gasteiger partial charge in [-0.15, -0.1) is 0 Å². The van der Waals surface area contributed by atoms with Gasteiger partial charge < -0.3 is 14.6 Å². The van der Waals surface area contributed by atoms with Gasteiger partial charge in [0, 0.05) is 5.41 Å². The highest BCUT2D eigenvalue weighted by atomic mass is 16.5. The van der Waals surface area contributed by atoms with E-state index in [-0.39, 0.29) is 6.42 Å². The van der Waals surface area contributed by atoms with Gasteiger partial charge in [0.1, 0.15) is 0 Å². The van der Waals surface area contributed by atoms with Crippen LogP contribution in [0.5, 0.6) is 11.5 Å². The third-order valence-electron chi connectivity index (χ3n) is 2.92. The molecule has 1 N–H and O–H groups in total. The number of ether oxygens (including phenoxy) is 2. The van der Waals surface area contributed by atoms with Gasteiger partial charge in [0.05, 0.1) is 19.6 Å². The van der Waals surface area contributed by atoms with Crippen molar-refractivity contribution < 1.29 is 19.4 Å². The standard InChI is InChI=1S/C15H22O4/c1-5-18-12-8-7-11(9-13(12)19-6-2)15(3,4)10-14(16)17/h7-9H,5-6,10H2,1-4H3,(H,16,17). The number of hydrogen-bond acceptors (Lipinski definition) is 3. The van der Waals surface area contributed by atoms with Crippen LogP contribution in [0.15, 0.2) is 18.2 Å². The van der Waals surface area contributed by atoms with E-state index >= 15 is 0 Å². The molecule has 1 aromatic carbocycles. The lowest BCUT2D eigenvalue weighted by Crippen LogP contribution is -2.21. The maximum Gasteiger partial charge on any atom is 0.304 e. The molecule has 0 heterocycles. The monoisotopic (exact) mass is 266 g/mol. The number of aliphatic carboxylic acids is 1. The summed E-state index contributed by atoms with van der Waals surface area (Å²) in [4.78, 5) is 10.9. The Morgan fingerprint density at radius 1 is 1.16 bits per heavy atom. The number of rotatable bonds is 7. The summed E-state index contributed by atoms with van der Waals surface area (Å²) in [6, 6.07) is 5.61. The van der Waals surface area contributed by atoms with Crippen molar-refractivity contribution in [1.29, 1.82) is 0 Å². The third-order valence-corrected chi connectivity index (χ3v) is 2.92. The zero-order valence-corrected chi connectivity index (χ0v) is 12.0. The van der Waals surface area contributed by atoms with Crippen molar-refractivity contribution >= 4 is 5.97 Å². The first-order valence-corrected chi connectivity index (χ1v) is 6.52. The molecule has 0 bridgehead atoms. The van der Waals surface area contributed by atoms with E-state index in [0.29, 0.717) is 24.7 Å². The third kappa shape index (κ3) is 4.16. The zero-order valence-electron chi connectivity index (χ0n) is 12.0. The first-order chi connectivity index (χ1) is 8.90. The fourth-order valence-corrected chi connectivity index (χ4v) is 1.95. The van der Waals surface area contributed by atoms with Crippen LogP contribution in [0.4, 0.5) is 0 Å². The Kier molecular flexibility index (Phi) is 5.21. The van der Waals surface area contributed by atoms with Gasteiger partial charge in [-0.3, -0.25) is 4.79 Å². The maximum atomic E-state index is 10.9. The van der Waals surface area contributed by atoms with Gasteiger partial charge in [-0.1, -0.05) is 19.9 Å². The molecule has 1 rings (SSSR count). The first-order valence-electron chi connectivity index (χ1n) is 6.52. The second-order valence-electron chi connectivity index (χ2n) is 4.98. The molecule has 4 nitrogen and oxygen atoms in total. The van der Waals surface area contributed by atoms with Crippen LogP contribution in [0.2, 0.25) is 0 Å². The van der Waals surface area contributed by atoms with E-state index in [0.717, 1.165) is 5.56 Å². The Morgan fingerprint density at radius 3 is 2.26 bits per heavy atom. The quantitative estimate of drug-likeness (QED) is 0.823. The number of hydrogen-bond donors (Lipinski definition) is 1. The summed E-state index contributed by atoms with van der Waals surface area (Å²) in [7, 11) is 0. The van der Waals surface area contributed by atoms with Crippen LogP contribution in [0, 0.1) is 0 Å². The van der Waals surface area contributed by atoms with E-state index in [4.69, 9.17) is 14.6 Å². The topological polar surface area (TPSA) is 55.8 Å². The second kappa shape index (κ2) is 6.45. The SMILES string of the molecule is CCOc1ccc(C(C)(C)CC(=O)O)cc1OCC. The molecular weight excluding hydrogens is 244 g/mol. The average Bonchev–Trinajstić information content (AvgIpc) is 2.30. The van der Waals surface area contributed by atoms with Crippen LogP contribution in [0.1, 0.15) is 39.7 Å². The van der Waals surface area contributed by atoms with E-state index < -0.39 is 11.4 Å². The van der Waals surface area contributed by atoms with Gasteiger partial charge in [0.15, 0.2) is 11.5 Å². The molecule has 0 spiro atoms. The number of carbonyl (C=O) groups is 1.